The van der Waals surface area contributed by atoms with E-state index in [-0.39, 0.29) is 29.2 Å². The molecule has 2 aromatic rings. The second-order valence-electron chi connectivity index (χ2n) is 7.48. The standard InChI is InChI=1S/C22H23Cl2N3O2S/c1-13(2)12-27-21(29)18(30-22(27)26-16-9-5-4-7-14(16)3)11-19(28)25-17-10-6-8-15(23)20(17)24/h4-10,13,18H,11-12H2,1-3H3,(H,25,28). The van der Waals surface area contributed by atoms with Crippen LogP contribution in [-0.2, 0) is 9.59 Å². The Kier molecular flexibility index (Phi) is 7.45. The number of amidine groups is 1. The maximum Gasteiger partial charge on any atom is 0.242 e. The molecule has 0 aliphatic carbocycles. The number of nitrogens with one attached hydrogen (secondary N) is 1. The van der Waals surface area contributed by atoms with Gasteiger partial charge in [-0.3, -0.25) is 14.5 Å². The second-order valence-corrected chi connectivity index (χ2v) is 9.44. The van der Waals surface area contributed by atoms with E-state index in [4.69, 9.17) is 28.2 Å². The van der Waals surface area contributed by atoms with E-state index < -0.39 is 5.25 Å². The molecule has 1 heterocycles. The lowest BCUT2D eigenvalue weighted by Crippen LogP contribution is -2.36. The molecule has 5 nitrogen and oxygen atoms in total. The Hall–Kier alpha value is -2.02. The lowest BCUT2D eigenvalue weighted by Gasteiger charge is -2.19. The first-order valence-electron chi connectivity index (χ1n) is 9.62. The van der Waals surface area contributed by atoms with E-state index in [9.17, 15) is 9.59 Å². The van der Waals surface area contributed by atoms with Gasteiger partial charge in [-0.25, -0.2) is 4.99 Å². The highest BCUT2D eigenvalue weighted by molar-refractivity contribution is 8.15. The SMILES string of the molecule is Cc1ccccc1N=C1SC(CC(=O)Nc2cccc(Cl)c2Cl)C(=O)N1CC(C)C. The zero-order chi connectivity index (χ0) is 21.8. The Bertz CT molecular complexity index is 994. The third-order valence-electron chi connectivity index (χ3n) is 4.50. The molecule has 0 saturated carbocycles. The number of halogens is 2. The average Bonchev–Trinajstić information content (AvgIpc) is 2.95. The first-order chi connectivity index (χ1) is 14.3. The van der Waals surface area contributed by atoms with Gasteiger partial charge in [0.05, 0.1) is 21.4 Å². The first kappa shape index (κ1) is 22.7. The van der Waals surface area contributed by atoms with Crippen LogP contribution in [0.15, 0.2) is 47.5 Å². The minimum Gasteiger partial charge on any atom is -0.325 e. The van der Waals surface area contributed by atoms with Crippen LogP contribution in [0.1, 0.15) is 25.8 Å². The minimum absolute atomic E-state index is 0.0216. The monoisotopic (exact) mass is 463 g/mol. The number of amides is 2. The zero-order valence-corrected chi connectivity index (χ0v) is 19.3. The van der Waals surface area contributed by atoms with Crippen molar-refractivity contribution < 1.29 is 9.59 Å². The molecule has 0 spiro atoms. The average molecular weight is 464 g/mol. The highest BCUT2D eigenvalue weighted by atomic mass is 35.5. The maximum atomic E-state index is 13.0. The highest BCUT2D eigenvalue weighted by Crippen LogP contribution is 2.34. The van der Waals surface area contributed by atoms with Crippen LogP contribution in [0.2, 0.25) is 10.0 Å². The van der Waals surface area contributed by atoms with Gasteiger partial charge in [-0.05, 0) is 36.6 Å². The molecule has 0 radical (unpaired) electrons. The molecule has 1 aliphatic rings. The van der Waals surface area contributed by atoms with Crippen molar-refractivity contribution in [3.05, 3.63) is 58.1 Å². The van der Waals surface area contributed by atoms with Gasteiger partial charge >= 0.3 is 0 Å². The number of benzene rings is 2. The molecule has 2 aromatic carbocycles. The molecule has 30 heavy (non-hydrogen) atoms. The van der Waals surface area contributed by atoms with Crippen molar-refractivity contribution in [1.29, 1.82) is 0 Å². The number of carbonyl (C=O) groups is 2. The summed E-state index contributed by atoms with van der Waals surface area (Å²) < 4.78 is 0. The number of aryl methyl sites for hydroxylation is 1. The lowest BCUT2D eigenvalue weighted by molar-refractivity contribution is -0.128. The number of carbonyl (C=O) groups excluding carboxylic acids is 2. The van der Waals surface area contributed by atoms with Gasteiger partial charge in [0.25, 0.3) is 0 Å². The van der Waals surface area contributed by atoms with Crippen LogP contribution in [0.4, 0.5) is 11.4 Å². The number of hydrogen-bond donors (Lipinski definition) is 1. The Labute approximate surface area is 190 Å². The molecule has 3 rings (SSSR count). The maximum absolute atomic E-state index is 13.0. The molecule has 2 amide bonds. The van der Waals surface area contributed by atoms with Crippen LogP contribution in [-0.4, -0.2) is 33.7 Å². The van der Waals surface area contributed by atoms with Crippen molar-refractivity contribution in [2.24, 2.45) is 10.9 Å². The summed E-state index contributed by atoms with van der Waals surface area (Å²) in [5.41, 5.74) is 2.27. The summed E-state index contributed by atoms with van der Waals surface area (Å²) in [6, 6.07) is 12.8. The first-order valence-corrected chi connectivity index (χ1v) is 11.3. The number of aliphatic imine (C=N–C) groups is 1. The van der Waals surface area contributed by atoms with Gasteiger partial charge in [-0.15, -0.1) is 0 Å². The summed E-state index contributed by atoms with van der Waals surface area (Å²) in [6.07, 6.45) is 0.0216. The molecule has 1 atom stereocenters. The van der Waals surface area contributed by atoms with Gasteiger partial charge in [0.2, 0.25) is 11.8 Å². The van der Waals surface area contributed by atoms with Gasteiger partial charge in [-0.2, -0.15) is 0 Å². The Morgan fingerprint density at radius 1 is 1.20 bits per heavy atom. The van der Waals surface area contributed by atoms with Crippen molar-refractivity contribution in [2.45, 2.75) is 32.4 Å². The molecule has 0 bridgehead atoms. The Balaban J connectivity index is 1.78. The summed E-state index contributed by atoms with van der Waals surface area (Å²) in [7, 11) is 0. The van der Waals surface area contributed by atoms with Crippen LogP contribution in [0.5, 0.6) is 0 Å². The predicted octanol–water partition coefficient (Wildman–Crippen LogP) is 5.92. The largest absolute Gasteiger partial charge is 0.325 e. The van der Waals surface area contributed by atoms with Crippen molar-refractivity contribution in [3.63, 3.8) is 0 Å². The smallest absolute Gasteiger partial charge is 0.242 e. The third kappa shape index (κ3) is 5.36. The number of rotatable bonds is 6. The van der Waals surface area contributed by atoms with Gasteiger partial charge < -0.3 is 5.32 Å². The van der Waals surface area contributed by atoms with Crippen molar-refractivity contribution in [1.82, 2.24) is 4.90 Å². The van der Waals surface area contributed by atoms with Crippen molar-refractivity contribution in [2.75, 3.05) is 11.9 Å². The molecule has 1 saturated heterocycles. The molecule has 1 N–H and O–H groups in total. The number of thioether (sulfide) groups is 1. The molecule has 8 heteroatoms. The van der Waals surface area contributed by atoms with Crippen LogP contribution in [0, 0.1) is 12.8 Å². The van der Waals surface area contributed by atoms with Gasteiger partial charge in [0.1, 0.15) is 5.25 Å². The number of hydrogen-bond acceptors (Lipinski definition) is 4. The van der Waals surface area contributed by atoms with Gasteiger partial charge in [0, 0.05) is 13.0 Å². The van der Waals surface area contributed by atoms with E-state index in [2.05, 4.69) is 5.32 Å². The van der Waals surface area contributed by atoms with Gasteiger partial charge in [-0.1, -0.05) is 73.1 Å². The van der Waals surface area contributed by atoms with Crippen molar-refractivity contribution in [3.8, 4) is 0 Å². The third-order valence-corrected chi connectivity index (χ3v) is 6.49. The summed E-state index contributed by atoms with van der Waals surface area (Å²) in [4.78, 5) is 32.0. The second kappa shape index (κ2) is 9.86. The number of para-hydroxylation sites is 1. The van der Waals surface area contributed by atoms with E-state index in [1.54, 1.807) is 23.1 Å². The number of nitrogens with zero attached hydrogens (tertiary/aromatic N) is 2. The fraction of sp³-hybridized carbons (Fsp3) is 0.318. The normalized spacial score (nSPS) is 17.8. The summed E-state index contributed by atoms with van der Waals surface area (Å²) in [6.45, 7) is 6.62. The van der Waals surface area contributed by atoms with Gasteiger partial charge in [0.15, 0.2) is 5.17 Å². The van der Waals surface area contributed by atoms with Crippen LogP contribution < -0.4 is 5.32 Å². The number of anilines is 1. The Morgan fingerprint density at radius 2 is 1.93 bits per heavy atom. The topological polar surface area (TPSA) is 61.8 Å². The summed E-state index contributed by atoms with van der Waals surface area (Å²) in [5.74, 6) is -0.130. The van der Waals surface area contributed by atoms with Crippen LogP contribution in [0.3, 0.4) is 0 Å². The van der Waals surface area contributed by atoms with Crippen LogP contribution >= 0.6 is 35.0 Å². The molecular weight excluding hydrogens is 441 g/mol. The molecule has 1 aliphatic heterocycles. The van der Waals surface area contributed by atoms with E-state index in [0.29, 0.717) is 22.4 Å². The fourth-order valence-corrected chi connectivity index (χ4v) is 4.53. The predicted molar refractivity (Wildman–Crippen MR) is 126 cm³/mol. The summed E-state index contributed by atoms with van der Waals surface area (Å²) in [5, 5.41) is 3.47. The zero-order valence-electron chi connectivity index (χ0n) is 17.0. The van der Waals surface area contributed by atoms with E-state index in [1.807, 2.05) is 45.0 Å². The Morgan fingerprint density at radius 3 is 2.63 bits per heavy atom. The molecule has 1 unspecified atom stereocenters. The minimum atomic E-state index is -0.538. The van der Waals surface area contributed by atoms with Crippen molar-refractivity contribution >= 4 is 63.3 Å². The lowest BCUT2D eigenvalue weighted by atomic mass is 10.2. The molecule has 1 fully saturated rings. The van der Waals surface area contributed by atoms with E-state index in [0.717, 1.165) is 11.3 Å². The molecular formula is C22H23Cl2N3O2S. The molecule has 0 aromatic heterocycles. The van der Waals surface area contributed by atoms with E-state index >= 15 is 0 Å². The quantitative estimate of drug-likeness (QED) is 0.578. The summed E-state index contributed by atoms with van der Waals surface area (Å²) >= 11 is 13.5. The molecule has 158 valence electrons. The fourth-order valence-electron chi connectivity index (χ4n) is 3.02. The van der Waals surface area contributed by atoms with E-state index in [1.165, 1.54) is 11.8 Å². The van der Waals surface area contributed by atoms with Crippen LogP contribution in [0.25, 0.3) is 0 Å². The highest BCUT2D eigenvalue weighted by Gasteiger charge is 2.39.